The maximum Gasteiger partial charge on any atom is 0.335 e. The van der Waals surface area contributed by atoms with Gasteiger partial charge in [0.2, 0.25) is 0 Å². The number of rotatable bonds is 4. The van der Waals surface area contributed by atoms with Gasteiger partial charge in [-0.25, -0.2) is 4.79 Å². The van der Waals surface area contributed by atoms with Crippen LogP contribution in [-0.4, -0.2) is 19.0 Å². The molecule has 1 atom stereocenters. The Morgan fingerprint density at radius 2 is 2.00 bits per heavy atom. The highest BCUT2D eigenvalue weighted by molar-refractivity contribution is 5.98. The average Bonchev–Trinajstić information content (AvgIpc) is 2.62. The van der Waals surface area contributed by atoms with E-state index in [1.54, 1.807) is 55.5 Å². The van der Waals surface area contributed by atoms with Gasteiger partial charge in [0.1, 0.15) is 5.75 Å². The third-order valence-corrected chi connectivity index (χ3v) is 3.64. The first kappa shape index (κ1) is 16.6. The standard InChI is InChI=1S/C19H17NO5/c1-3-6-17(21)24-15-10-9-12(11-16(15)23-2)19-20-18(22)13-7-4-5-8-14(13)25-19/h3-11,19H,1-2H3,(H,20,22). The number of hydrogen-bond donors (Lipinski definition) is 1. The number of carbonyl (C=O) groups excluding carboxylic acids is 2. The summed E-state index contributed by atoms with van der Waals surface area (Å²) in [6, 6.07) is 12.0. The van der Waals surface area contributed by atoms with Gasteiger partial charge in [0.25, 0.3) is 5.91 Å². The number of hydrogen-bond acceptors (Lipinski definition) is 5. The second kappa shape index (κ2) is 7.09. The van der Waals surface area contributed by atoms with Crippen molar-refractivity contribution in [1.82, 2.24) is 5.32 Å². The number of nitrogens with one attached hydrogen (secondary N) is 1. The van der Waals surface area contributed by atoms with Gasteiger partial charge >= 0.3 is 5.97 Å². The molecule has 0 spiro atoms. The lowest BCUT2D eigenvalue weighted by Crippen LogP contribution is -2.36. The van der Waals surface area contributed by atoms with Crippen LogP contribution < -0.4 is 19.5 Å². The Hall–Kier alpha value is -3.28. The normalized spacial score (nSPS) is 15.9. The molecular weight excluding hydrogens is 322 g/mol. The minimum atomic E-state index is -0.656. The Kier molecular flexibility index (Phi) is 4.70. The predicted octanol–water partition coefficient (Wildman–Crippen LogP) is 3.00. The smallest absolute Gasteiger partial charge is 0.335 e. The molecule has 6 nitrogen and oxygen atoms in total. The minimum absolute atomic E-state index is 0.214. The van der Waals surface area contributed by atoms with Gasteiger partial charge in [-0.2, -0.15) is 0 Å². The van der Waals surface area contributed by atoms with Crippen molar-refractivity contribution >= 4 is 11.9 Å². The third kappa shape index (κ3) is 3.47. The van der Waals surface area contributed by atoms with E-state index in [0.717, 1.165) is 0 Å². The summed E-state index contributed by atoms with van der Waals surface area (Å²) in [5.74, 6) is 0.460. The van der Waals surface area contributed by atoms with Crippen molar-refractivity contribution in [2.45, 2.75) is 13.2 Å². The van der Waals surface area contributed by atoms with Crippen molar-refractivity contribution < 1.29 is 23.8 Å². The van der Waals surface area contributed by atoms with Crippen molar-refractivity contribution in [3.8, 4) is 17.2 Å². The van der Waals surface area contributed by atoms with Gasteiger partial charge in [-0.05, 0) is 37.3 Å². The van der Waals surface area contributed by atoms with Crippen LogP contribution in [0.3, 0.4) is 0 Å². The van der Waals surface area contributed by atoms with E-state index in [4.69, 9.17) is 14.2 Å². The highest BCUT2D eigenvalue weighted by Crippen LogP contribution is 2.34. The molecule has 0 fully saturated rings. The molecule has 6 heteroatoms. The fraction of sp³-hybridized carbons (Fsp3) is 0.158. The Morgan fingerprint density at radius 3 is 2.76 bits per heavy atom. The summed E-state index contributed by atoms with van der Waals surface area (Å²) in [6.07, 6.45) is 2.25. The maximum atomic E-state index is 12.2. The fourth-order valence-corrected chi connectivity index (χ4v) is 2.47. The number of para-hydroxylation sites is 1. The van der Waals surface area contributed by atoms with E-state index >= 15 is 0 Å². The van der Waals surface area contributed by atoms with E-state index in [0.29, 0.717) is 22.6 Å². The molecule has 3 rings (SSSR count). The van der Waals surface area contributed by atoms with Crippen molar-refractivity contribution in [3.05, 3.63) is 65.7 Å². The van der Waals surface area contributed by atoms with Gasteiger partial charge in [0.15, 0.2) is 17.7 Å². The summed E-state index contributed by atoms with van der Waals surface area (Å²) in [5.41, 5.74) is 1.16. The maximum absolute atomic E-state index is 12.2. The molecule has 1 heterocycles. The number of allylic oxidation sites excluding steroid dienone is 1. The molecule has 1 N–H and O–H groups in total. The van der Waals surface area contributed by atoms with Crippen molar-refractivity contribution in [1.29, 1.82) is 0 Å². The van der Waals surface area contributed by atoms with E-state index in [2.05, 4.69) is 5.32 Å². The van der Waals surface area contributed by atoms with Crippen LogP contribution in [-0.2, 0) is 4.79 Å². The second-order valence-electron chi connectivity index (χ2n) is 5.30. The lowest BCUT2D eigenvalue weighted by atomic mass is 10.1. The number of fused-ring (bicyclic) bond motifs is 1. The first-order chi connectivity index (χ1) is 12.1. The zero-order valence-electron chi connectivity index (χ0n) is 13.8. The van der Waals surface area contributed by atoms with Gasteiger partial charge in [-0.15, -0.1) is 0 Å². The first-order valence-corrected chi connectivity index (χ1v) is 7.71. The molecule has 0 saturated carbocycles. The summed E-state index contributed by atoms with van der Waals surface area (Å²) in [5, 5.41) is 2.79. The van der Waals surface area contributed by atoms with Crippen LogP contribution in [0.5, 0.6) is 17.2 Å². The lowest BCUT2D eigenvalue weighted by molar-refractivity contribution is -0.129. The number of carbonyl (C=O) groups is 2. The number of ether oxygens (including phenoxy) is 3. The van der Waals surface area contributed by atoms with E-state index < -0.39 is 12.2 Å². The Balaban J connectivity index is 1.86. The molecule has 1 aliphatic rings. The van der Waals surface area contributed by atoms with Gasteiger partial charge in [0, 0.05) is 11.6 Å². The minimum Gasteiger partial charge on any atom is -0.493 e. The first-order valence-electron chi connectivity index (χ1n) is 7.71. The molecule has 1 unspecified atom stereocenters. The lowest BCUT2D eigenvalue weighted by Gasteiger charge is -2.27. The molecule has 0 radical (unpaired) electrons. The molecule has 2 aromatic rings. The van der Waals surface area contributed by atoms with Gasteiger partial charge in [-0.3, -0.25) is 4.79 Å². The van der Waals surface area contributed by atoms with E-state index in [-0.39, 0.29) is 11.7 Å². The number of amides is 1. The highest BCUT2D eigenvalue weighted by Gasteiger charge is 2.27. The molecule has 0 bridgehead atoms. The van der Waals surface area contributed by atoms with E-state index in [1.807, 2.05) is 0 Å². The largest absolute Gasteiger partial charge is 0.493 e. The van der Waals surface area contributed by atoms with Gasteiger partial charge in [0.05, 0.1) is 12.7 Å². The molecule has 1 amide bonds. The van der Waals surface area contributed by atoms with Crippen LogP contribution in [0.4, 0.5) is 0 Å². The second-order valence-corrected chi connectivity index (χ2v) is 5.30. The molecule has 128 valence electrons. The summed E-state index contributed by atoms with van der Waals surface area (Å²) in [6.45, 7) is 1.72. The van der Waals surface area contributed by atoms with Crippen molar-refractivity contribution in [2.24, 2.45) is 0 Å². The SMILES string of the molecule is CC=CC(=O)Oc1ccc(C2NC(=O)c3ccccc3O2)cc1OC. The molecule has 25 heavy (non-hydrogen) atoms. The van der Waals surface area contributed by atoms with Gasteiger partial charge < -0.3 is 19.5 Å². The highest BCUT2D eigenvalue weighted by atomic mass is 16.6. The summed E-state index contributed by atoms with van der Waals surface area (Å²) in [7, 11) is 1.47. The number of esters is 1. The van der Waals surface area contributed by atoms with Crippen LogP contribution in [0.2, 0.25) is 0 Å². The summed E-state index contributed by atoms with van der Waals surface area (Å²) in [4.78, 5) is 23.8. The zero-order chi connectivity index (χ0) is 17.8. The Bertz CT molecular complexity index is 843. The summed E-state index contributed by atoms with van der Waals surface area (Å²) >= 11 is 0. The van der Waals surface area contributed by atoms with Crippen molar-refractivity contribution in [3.63, 3.8) is 0 Å². The molecule has 0 aromatic heterocycles. The average molecular weight is 339 g/mol. The van der Waals surface area contributed by atoms with Gasteiger partial charge in [-0.1, -0.05) is 18.2 Å². The molecule has 2 aromatic carbocycles. The predicted molar refractivity (Wildman–Crippen MR) is 90.7 cm³/mol. The molecule has 1 aliphatic heterocycles. The fourth-order valence-electron chi connectivity index (χ4n) is 2.47. The summed E-state index contributed by atoms with van der Waals surface area (Å²) < 4.78 is 16.3. The molecule has 0 aliphatic carbocycles. The number of benzene rings is 2. The third-order valence-electron chi connectivity index (χ3n) is 3.64. The van der Waals surface area contributed by atoms with Crippen LogP contribution in [0.15, 0.2) is 54.6 Å². The zero-order valence-corrected chi connectivity index (χ0v) is 13.8. The topological polar surface area (TPSA) is 73.9 Å². The monoisotopic (exact) mass is 339 g/mol. The van der Waals surface area contributed by atoms with Crippen molar-refractivity contribution in [2.75, 3.05) is 7.11 Å². The molecular formula is C19H17NO5. The Labute approximate surface area is 145 Å². The van der Waals surface area contributed by atoms with Crippen LogP contribution >= 0.6 is 0 Å². The quantitative estimate of drug-likeness (QED) is 0.527. The van der Waals surface area contributed by atoms with E-state index in [9.17, 15) is 9.59 Å². The molecule has 0 saturated heterocycles. The number of methoxy groups -OCH3 is 1. The Morgan fingerprint density at radius 1 is 1.20 bits per heavy atom. The van der Waals surface area contributed by atoms with Crippen LogP contribution in [0, 0.1) is 0 Å². The van der Waals surface area contributed by atoms with Crippen LogP contribution in [0.25, 0.3) is 0 Å². The van der Waals surface area contributed by atoms with Crippen LogP contribution in [0.1, 0.15) is 29.1 Å². The van der Waals surface area contributed by atoms with E-state index in [1.165, 1.54) is 13.2 Å².